The fraction of sp³-hybridized carbons (Fsp3) is 0.250. The molecule has 0 aliphatic heterocycles. The monoisotopic (exact) mass is 126 g/mol. The van der Waals surface area contributed by atoms with Crippen LogP contribution in [0.1, 0.15) is 5.69 Å². The Labute approximate surface area is 51.5 Å². The van der Waals surface area contributed by atoms with Gasteiger partial charge in [0.05, 0.1) is 11.9 Å². The van der Waals surface area contributed by atoms with Gasteiger partial charge in [-0.15, -0.1) is 5.10 Å². The van der Waals surface area contributed by atoms with Crippen molar-refractivity contribution < 1.29 is 4.79 Å². The first kappa shape index (κ1) is 5.90. The maximum atomic E-state index is 10.1. The Morgan fingerprint density at radius 3 is 3.11 bits per heavy atom. The predicted molar refractivity (Wildman–Crippen MR) is 30.1 cm³/mol. The van der Waals surface area contributed by atoms with Crippen LogP contribution in [0.15, 0.2) is 6.20 Å². The van der Waals surface area contributed by atoms with Gasteiger partial charge in [-0.1, -0.05) is 5.21 Å². The van der Waals surface area contributed by atoms with E-state index in [1.165, 1.54) is 6.20 Å². The van der Waals surface area contributed by atoms with Crippen molar-refractivity contribution >= 4 is 6.41 Å². The van der Waals surface area contributed by atoms with Crippen LogP contribution < -0.4 is 5.73 Å². The number of aromatic nitrogens is 3. The Kier molecular flexibility index (Phi) is 1.55. The molecule has 0 atom stereocenters. The summed E-state index contributed by atoms with van der Waals surface area (Å²) in [5.41, 5.74) is 5.83. The van der Waals surface area contributed by atoms with Gasteiger partial charge in [-0.2, -0.15) is 4.68 Å². The van der Waals surface area contributed by atoms with Crippen molar-refractivity contribution in [1.29, 1.82) is 0 Å². The molecule has 0 aliphatic rings. The Morgan fingerprint density at radius 2 is 2.67 bits per heavy atom. The van der Waals surface area contributed by atoms with E-state index in [-0.39, 0.29) is 6.54 Å². The molecule has 0 aromatic carbocycles. The highest BCUT2D eigenvalue weighted by atomic mass is 16.1. The molecule has 0 radical (unpaired) electrons. The van der Waals surface area contributed by atoms with Crippen LogP contribution in [0, 0.1) is 0 Å². The predicted octanol–water partition coefficient (Wildman–Crippen LogP) is -1.22. The summed E-state index contributed by atoms with van der Waals surface area (Å²) >= 11 is 0. The number of nitrogens with zero attached hydrogens (tertiary/aromatic N) is 3. The number of hydrogen-bond acceptors (Lipinski definition) is 4. The van der Waals surface area contributed by atoms with Crippen LogP contribution in [0.4, 0.5) is 0 Å². The second-order valence-electron chi connectivity index (χ2n) is 1.48. The van der Waals surface area contributed by atoms with E-state index in [2.05, 4.69) is 10.3 Å². The summed E-state index contributed by atoms with van der Waals surface area (Å²) in [6.45, 7) is 0.283. The lowest BCUT2D eigenvalue weighted by Crippen LogP contribution is -2.07. The molecule has 0 aliphatic carbocycles. The minimum Gasteiger partial charge on any atom is -0.325 e. The standard InChI is InChI=1S/C4H6N4O/c5-1-4-2-6-7-8(4)3-9/h2-3H,1,5H2. The first-order valence-corrected chi connectivity index (χ1v) is 2.43. The Hall–Kier alpha value is -1.23. The molecule has 0 saturated heterocycles. The number of carbonyl (C=O) groups excluding carboxylic acids is 1. The molecule has 48 valence electrons. The molecule has 9 heavy (non-hydrogen) atoms. The van der Waals surface area contributed by atoms with E-state index in [1.54, 1.807) is 0 Å². The molecular formula is C4H6N4O. The summed E-state index contributed by atoms with van der Waals surface area (Å²) in [7, 11) is 0. The molecule has 0 saturated carbocycles. The van der Waals surface area contributed by atoms with Gasteiger partial charge in [0.2, 0.25) is 6.41 Å². The lowest BCUT2D eigenvalue weighted by molar-refractivity contribution is 0.535. The van der Waals surface area contributed by atoms with E-state index in [4.69, 9.17) is 5.73 Å². The molecule has 1 heterocycles. The molecule has 0 amide bonds. The first-order valence-electron chi connectivity index (χ1n) is 2.43. The van der Waals surface area contributed by atoms with Crippen molar-refractivity contribution in [1.82, 2.24) is 15.0 Å². The van der Waals surface area contributed by atoms with E-state index in [1.807, 2.05) is 0 Å². The minimum absolute atomic E-state index is 0.283. The third kappa shape index (κ3) is 0.945. The van der Waals surface area contributed by atoms with Crippen LogP contribution in [0.2, 0.25) is 0 Å². The molecule has 2 N–H and O–H groups in total. The smallest absolute Gasteiger partial charge is 0.235 e. The van der Waals surface area contributed by atoms with Gasteiger partial charge in [-0.05, 0) is 0 Å². The van der Waals surface area contributed by atoms with Gasteiger partial charge in [-0.3, -0.25) is 4.79 Å². The molecule has 0 unspecified atom stereocenters. The lowest BCUT2D eigenvalue weighted by Gasteiger charge is -1.89. The summed E-state index contributed by atoms with van der Waals surface area (Å²) in [4.78, 5) is 10.1. The van der Waals surface area contributed by atoms with Crippen molar-refractivity contribution in [3.8, 4) is 0 Å². The van der Waals surface area contributed by atoms with Gasteiger partial charge in [0.15, 0.2) is 0 Å². The Balaban J connectivity index is 2.98. The molecule has 1 rings (SSSR count). The van der Waals surface area contributed by atoms with Gasteiger partial charge in [0.1, 0.15) is 0 Å². The molecule has 0 spiro atoms. The highest BCUT2D eigenvalue weighted by Crippen LogP contribution is 1.88. The van der Waals surface area contributed by atoms with Crippen molar-refractivity contribution in [3.05, 3.63) is 11.9 Å². The Morgan fingerprint density at radius 1 is 1.89 bits per heavy atom. The highest BCUT2D eigenvalue weighted by Gasteiger charge is 1.96. The van der Waals surface area contributed by atoms with E-state index in [0.717, 1.165) is 4.68 Å². The highest BCUT2D eigenvalue weighted by molar-refractivity contribution is 5.51. The Bertz CT molecular complexity index is 206. The normalized spacial score (nSPS) is 9.44. The van der Waals surface area contributed by atoms with Gasteiger partial charge < -0.3 is 5.73 Å². The second kappa shape index (κ2) is 2.36. The SMILES string of the molecule is NCc1cnnn1C=O. The van der Waals surface area contributed by atoms with Gasteiger partial charge in [0.25, 0.3) is 0 Å². The van der Waals surface area contributed by atoms with Crippen LogP contribution in [0.3, 0.4) is 0 Å². The number of hydrogen-bond donors (Lipinski definition) is 1. The third-order valence-electron chi connectivity index (χ3n) is 0.958. The molecule has 0 bridgehead atoms. The summed E-state index contributed by atoms with van der Waals surface area (Å²) in [5.74, 6) is 0. The largest absolute Gasteiger partial charge is 0.325 e. The van der Waals surface area contributed by atoms with Crippen LogP contribution in [0.25, 0.3) is 0 Å². The zero-order valence-corrected chi connectivity index (χ0v) is 4.69. The zero-order chi connectivity index (χ0) is 6.69. The van der Waals surface area contributed by atoms with Gasteiger partial charge >= 0.3 is 0 Å². The van der Waals surface area contributed by atoms with E-state index >= 15 is 0 Å². The molecule has 5 heteroatoms. The summed E-state index contributed by atoms with van der Waals surface area (Å²) in [5, 5.41) is 6.89. The quantitative estimate of drug-likeness (QED) is 0.504. The molecule has 0 fully saturated rings. The van der Waals surface area contributed by atoms with Crippen molar-refractivity contribution in [2.45, 2.75) is 6.54 Å². The van der Waals surface area contributed by atoms with Crippen LogP contribution in [-0.4, -0.2) is 21.4 Å². The minimum atomic E-state index is 0.283. The maximum Gasteiger partial charge on any atom is 0.235 e. The molecular weight excluding hydrogens is 120 g/mol. The van der Waals surface area contributed by atoms with Gasteiger partial charge in [-0.25, -0.2) is 0 Å². The third-order valence-corrected chi connectivity index (χ3v) is 0.958. The second-order valence-corrected chi connectivity index (χ2v) is 1.48. The van der Waals surface area contributed by atoms with Crippen molar-refractivity contribution in [3.63, 3.8) is 0 Å². The average Bonchev–Trinajstić information content (AvgIpc) is 2.33. The van der Waals surface area contributed by atoms with Crippen LogP contribution in [0.5, 0.6) is 0 Å². The number of carbonyl (C=O) groups is 1. The van der Waals surface area contributed by atoms with Crippen molar-refractivity contribution in [2.75, 3.05) is 0 Å². The fourth-order valence-electron chi connectivity index (χ4n) is 0.500. The number of rotatable bonds is 2. The van der Waals surface area contributed by atoms with Crippen molar-refractivity contribution in [2.24, 2.45) is 5.73 Å². The van der Waals surface area contributed by atoms with E-state index < -0.39 is 0 Å². The molecule has 5 nitrogen and oxygen atoms in total. The maximum absolute atomic E-state index is 10.1. The molecule has 1 aromatic heterocycles. The fourth-order valence-corrected chi connectivity index (χ4v) is 0.500. The summed E-state index contributed by atoms with van der Waals surface area (Å²) < 4.78 is 1.10. The molecule has 1 aromatic rings. The van der Waals surface area contributed by atoms with E-state index in [9.17, 15) is 4.79 Å². The van der Waals surface area contributed by atoms with Crippen LogP contribution >= 0.6 is 0 Å². The number of nitrogens with two attached hydrogens (primary N) is 1. The van der Waals surface area contributed by atoms with Gasteiger partial charge in [0, 0.05) is 6.54 Å². The first-order chi connectivity index (χ1) is 4.38. The summed E-state index contributed by atoms with van der Waals surface area (Å²) in [6.07, 6.45) is 2.02. The summed E-state index contributed by atoms with van der Waals surface area (Å²) in [6, 6.07) is 0. The lowest BCUT2D eigenvalue weighted by atomic mass is 10.5. The topological polar surface area (TPSA) is 73.8 Å². The van der Waals surface area contributed by atoms with Crippen LogP contribution in [-0.2, 0) is 11.3 Å². The average molecular weight is 126 g/mol. The van der Waals surface area contributed by atoms with E-state index in [0.29, 0.717) is 12.1 Å². The zero-order valence-electron chi connectivity index (χ0n) is 4.69.